The van der Waals surface area contributed by atoms with Gasteiger partial charge in [0.1, 0.15) is 11.3 Å². The number of aryl methyl sites for hydroxylation is 1. The normalized spacial score (nSPS) is 22.9. The summed E-state index contributed by atoms with van der Waals surface area (Å²) < 4.78 is 29.8. The molecule has 0 unspecified atom stereocenters. The molecule has 1 aromatic carbocycles. The number of fused-ring (bicyclic) bond motifs is 1. The van der Waals surface area contributed by atoms with Crippen molar-refractivity contribution in [2.45, 2.75) is 45.1 Å². The molecule has 114 valence electrons. The zero-order chi connectivity index (χ0) is 15.0. The third-order valence-corrected chi connectivity index (χ3v) is 4.67. The van der Waals surface area contributed by atoms with Crippen LogP contribution in [-0.4, -0.2) is 15.4 Å². The van der Waals surface area contributed by atoms with Gasteiger partial charge in [-0.2, -0.15) is 0 Å². The van der Waals surface area contributed by atoms with E-state index in [1.807, 2.05) is 4.57 Å². The molecule has 1 aliphatic carbocycles. The van der Waals surface area contributed by atoms with Crippen molar-refractivity contribution in [1.82, 2.24) is 9.55 Å². The van der Waals surface area contributed by atoms with E-state index in [0.29, 0.717) is 29.3 Å². The van der Waals surface area contributed by atoms with Gasteiger partial charge in [-0.05, 0) is 43.7 Å². The molecule has 21 heavy (non-hydrogen) atoms. The quantitative estimate of drug-likeness (QED) is 0.741. The highest BCUT2D eigenvalue weighted by atomic mass is 35.5. The van der Waals surface area contributed by atoms with Gasteiger partial charge in [0.15, 0.2) is 11.6 Å². The van der Waals surface area contributed by atoms with Gasteiger partial charge in [-0.3, -0.25) is 0 Å². The second-order valence-corrected chi connectivity index (χ2v) is 6.36. The van der Waals surface area contributed by atoms with E-state index >= 15 is 0 Å². The number of halogens is 3. The Morgan fingerprint density at radius 1 is 1.24 bits per heavy atom. The average molecular weight is 313 g/mol. The van der Waals surface area contributed by atoms with Crippen molar-refractivity contribution in [2.24, 2.45) is 5.92 Å². The van der Waals surface area contributed by atoms with Gasteiger partial charge in [-0.15, -0.1) is 11.6 Å². The highest BCUT2D eigenvalue weighted by molar-refractivity contribution is 6.17. The van der Waals surface area contributed by atoms with E-state index in [1.165, 1.54) is 0 Å². The number of imidazole rings is 1. The molecule has 0 amide bonds. The minimum atomic E-state index is -0.815. The summed E-state index contributed by atoms with van der Waals surface area (Å²) in [6, 6.07) is 2.89. The van der Waals surface area contributed by atoms with E-state index in [1.54, 1.807) is 6.07 Å². The summed E-state index contributed by atoms with van der Waals surface area (Å²) in [5.74, 6) is 0.291. The molecule has 2 nitrogen and oxygen atoms in total. The first-order valence-electron chi connectivity index (χ1n) is 7.52. The number of aromatic nitrogens is 2. The summed E-state index contributed by atoms with van der Waals surface area (Å²) >= 11 is 5.85. The van der Waals surface area contributed by atoms with Crippen molar-refractivity contribution in [3.63, 3.8) is 0 Å². The lowest BCUT2D eigenvalue weighted by atomic mass is 9.87. The third kappa shape index (κ3) is 2.66. The standard InChI is InChI=1S/C16H19ClF2N2/c1-10-2-4-11(5-3-10)21-14(8-9-17)20-13-7-6-12(18)15(19)16(13)21/h6-7,10-11H,2-5,8-9H2,1H3. The van der Waals surface area contributed by atoms with Crippen LogP contribution in [0.4, 0.5) is 8.78 Å². The fourth-order valence-corrected chi connectivity index (χ4v) is 3.49. The van der Waals surface area contributed by atoms with E-state index in [0.717, 1.165) is 37.6 Å². The maximum absolute atomic E-state index is 14.3. The van der Waals surface area contributed by atoms with Gasteiger partial charge in [0, 0.05) is 18.3 Å². The number of hydrogen-bond acceptors (Lipinski definition) is 1. The Bertz CT molecular complexity index is 645. The monoisotopic (exact) mass is 312 g/mol. The molecule has 1 saturated carbocycles. The van der Waals surface area contributed by atoms with Gasteiger partial charge in [0.25, 0.3) is 0 Å². The molecule has 1 aromatic heterocycles. The second-order valence-electron chi connectivity index (χ2n) is 5.98. The van der Waals surface area contributed by atoms with Gasteiger partial charge in [-0.1, -0.05) is 6.92 Å². The van der Waals surface area contributed by atoms with Crippen molar-refractivity contribution in [3.8, 4) is 0 Å². The predicted octanol–water partition coefficient (Wildman–Crippen LogP) is 4.85. The lowest BCUT2D eigenvalue weighted by Crippen LogP contribution is -2.19. The van der Waals surface area contributed by atoms with Crippen LogP contribution in [0.3, 0.4) is 0 Å². The highest BCUT2D eigenvalue weighted by Crippen LogP contribution is 2.36. The van der Waals surface area contributed by atoms with E-state index in [9.17, 15) is 8.78 Å². The van der Waals surface area contributed by atoms with Crippen LogP contribution < -0.4 is 0 Å². The molecule has 0 N–H and O–H groups in total. The summed E-state index contributed by atoms with van der Waals surface area (Å²) in [5, 5.41) is 0. The molecule has 2 aromatic rings. The Kier molecular flexibility index (Phi) is 4.16. The Balaban J connectivity index is 2.13. The van der Waals surface area contributed by atoms with Crippen LogP contribution in [0.1, 0.15) is 44.5 Å². The molecule has 3 rings (SSSR count). The Labute approximate surface area is 128 Å². The minimum absolute atomic E-state index is 0.195. The summed E-state index contributed by atoms with van der Waals surface area (Å²) in [6.45, 7) is 2.24. The number of benzene rings is 1. The molecule has 0 radical (unpaired) electrons. The smallest absolute Gasteiger partial charge is 0.184 e. The maximum atomic E-state index is 14.3. The van der Waals surface area contributed by atoms with Crippen molar-refractivity contribution in [2.75, 3.05) is 5.88 Å². The van der Waals surface area contributed by atoms with Crippen molar-refractivity contribution >= 4 is 22.6 Å². The van der Waals surface area contributed by atoms with Crippen LogP contribution in [0.25, 0.3) is 11.0 Å². The van der Waals surface area contributed by atoms with Crippen LogP contribution >= 0.6 is 11.6 Å². The van der Waals surface area contributed by atoms with Gasteiger partial charge in [-0.25, -0.2) is 13.8 Å². The first-order chi connectivity index (χ1) is 10.1. The fourth-order valence-electron chi connectivity index (χ4n) is 3.33. The van der Waals surface area contributed by atoms with Crippen molar-refractivity contribution in [3.05, 3.63) is 29.6 Å². The molecule has 0 aliphatic heterocycles. The van der Waals surface area contributed by atoms with Gasteiger partial charge >= 0.3 is 0 Å². The zero-order valence-corrected chi connectivity index (χ0v) is 12.8. The van der Waals surface area contributed by atoms with Crippen LogP contribution in [0, 0.1) is 17.6 Å². The molecule has 5 heteroatoms. The van der Waals surface area contributed by atoms with Crippen LogP contribution in [-0.2, 0) is 6.42 Å². The van der Waals surface area contributed by atoms with Crippen LogP contribution in [0.5, 0.6) is 0 Å². The Morgan fingerprint density at radius 2 is 1.95 bits per heavy atom. The second kappa shape index (κ2) is 5.91. The summed E-state index contributed by atoms with van der Waals surface area (Å²) in [4.78, 5) is 4.47. The largest absolute Gasteiger partial charge is 0.322 e. The lowest BCUT2D eigenvalue weighted by molar-refractivity contribution is 0.288. The zero-order valence-electron chi connectivity index (χ0n) is 12.1. The first-order valence-corrected chi connectivity index (χ1v) is 8.06. The first kappa shape index (κ1) is 14.8. The number of nitrogens with zero attached hydrogens (tertiary/aromatic N) is 2. The van der Waals surface area contributed by atoms with Crippen LogP contribution in [0.15, 0.2) is 12.1 Å². The van der Waals surface area contributed by atoms with Gasteiger partial charge in [0.2, 0.25) is 0 Å². The highest BCUT2D eigenvalue weighted by Gasteiger charge is 2.26. The Hall–Kier alpha value is -1.16. The number of alkyl halides is 1. The third-order valence-electron chi connectivity index (χ3n) is 4.48. The number of hydrogen-bond donors (Lipinski definition) is 0. The fraction of sp³-hybridized carbons (Fsp3) is 0.562. The SMILES string of the molecule is CC1CCC(n2c(CCCl)nc3ccc(F)c(F)c32)CC1. The molecular weight excluding hydrogens is 294 g/mol. The molecule has 1 heterocycles. The van der Waals surface area contributed by atoms with Gasteiger partial charge < -0.3 is 4.57 Å². The minimum Gasteiger partial charge on any atom is -0.322 e. The maximum Gasteiger partial charge on any atom is 0.184 e. The van der Waals surface area contributed by atoms with E-state index < -0.39 is 11.6 Å². The Morgan fingerprint density at radius 3 is 2.62 bits per heavy atom. The van der Waals surface area contributed by atoms with Crippen LogP contribution in [0.2, 0.25) is 0 Å². The summed E-state index contributed by atoms with van der Waals surface area (Å²) in [5.41, 5.74) is 0.822. The lowest BCUT2D eigenvalue weighted by Gasteiger charge is -2.29. The van der Waals surface area contributed by atoms with E-state index in [-0.39, 0.29) is 6.04 Å². The van der Waals surface area contributed by atoms with E-state index in [2.05, 4.69) is 11.9 Å². The summed E-state index contributed by atoms with van der Waals surface area (Å²) in [7, 11) is 0. The molecule has 1 aliphatic rings. The number of rotatable bonds is 3. The molecule has 0 spiro atoms. The van der Waals surface area contributed by atoms with E-state index in [4.69, 9.17) is 11.6 Å². The molecule has 0 bridgehead atoms. The molecule has 0 saturated heterocycles. The van der Waals surface area contributed by atoms with Crippen molar-refractivity contribution < 1.29 is 8.78 Å². The molecule has 0 atom stereocenters. The van der Waals surface area contributed by atoms with Crippen molar-refractivity contribution in [1.29, 1.82) is 0 Å². The average Bonchev–Trinajstić information content (AvgIpc) is 2.83. The summed E-state index contributed by atoms with van der Waals surface area (Å²) in [6.07, 6.45) is 4.77. The molecule has 1 fully saturated rings. The van der Waals surface area contributed by atoms with Gasteiger partial charge in [0.05, 0.1) is 5.52 Å². The molecular formula is C16H19ClF2N2. The predicted molar refractivity (Wildman–Crippen MR) is 80.7 cm³/mol. The topological polar surface area (TPSA) is 17.8 Å².